The summed E-state index contributed by atoms with van der Waals surface area (Å²) in [5, 5.41) is 4.59. The molecule has 0 unspecified atom stereocenters. The monoisotopic (exact) mass is 341 g/mol. The highest BCUT2D eigenvalue weighted by Crippen LogP contribution is 2.24. The summed E-state index contributed by atoms with van der Waals surface area (Å²) in [7, 11) is 0. The summed E-state index contributed by atoms with van der Waals surface area (Å²) in [5.74, 6) is 2.06. The summed E-state index contributed by atoms with van der Waals surface area (Å²) in [4.78, 5) is 21.1. The van der Waals surface area contributed by atoms with Crippen LogP contribution >= 0.6 is 0 Å². The average Bonchev–Trinajstić information content (AvgIpc) is 3.25. The van der Waals surface area contributed by atoms with E-state index in [-0.39, 0.29) is 0 Å². The molecule has 0 fully saturated rings. The van der Waals surface area contributed by atoms with Gasteiger partial charge in [0.05, 0.1) is 11.0 Å². The lowest BCUT2D eigenvalue weighted by molar-refractivity contribution is 0.888. The molecular weight excluding hydrogens is 326 g/mol. The van der Waals surface area contributed by atoms with Crippen molar-refractivity contribution in [3.8, 4) is 22.8 Å². The van der Waals surface area contributed by atoms with E-state index in [1.807, 2.05) is 50.2 Å². The van der Waals surface area contributed by atoms with Gasteiger partial charge in [-0.05, 0) is 50.2 Å². The van der Waals surface area contributed by atoms with Crippen LogP contribution in [0, 0.1) is 13.8 Å². The van der Waals surface area contributed by atoms with Gasteiger partial charge in [-0.3, -0.25) is 4.98 Å². The minimum Gasteiger partial charge on any atom is -0.338 e. The molecule has 7 nitrogen and oxygen atoms in total. The molecular formula is C19H15N7. The van der Waals surface area contributed by atoms with Gasteiger partial charge in [0.15, 0.2) is 5.82 Å². The Bertz CT molecular complexity index is 1250. The van der Waals surface area contributed by atoms with Crippen LogP contribution < -0.4 is 0 Å². The molecule has 0 atom stereocenters. The van der Waals surface area contributed by atoms with Crippen LogP contribution in [0.1, 0.15) is 11.4 Å². The van der Waals surface area contributed by atoms with Crippen LogP contribution in [0.3, 0.4) is 0 Å². The number of hydrogen-bond donors (Lipinski definition) is 1. The second kappa shape index (κ2) is 5.45. The van der Waals surface area contributed by atoms with Crippen molar-refractivity contribution in [3.05, 3.63) is 60.2 Å². The van der Waals surface area contributed by atoms with Crippen molar-refractivity contribution in [1.29, 1.82) is 0 Å². The number of fused-ring (bicyclic) bond motifs is 2. The molecule has 1 aromatic carbocycles. The first-order valence-corrected chi connectivity index (χ1v) is 8.29. The number of aromatic amines is 1. The average molecular weight is 341 g/mol. The molecule has 0 aliphatic heterocycles. The molecule has 0 saturated carbocycles. The zero-order valence-electron chi connectivity index (χ0n) is 14.3. The van der Waals surface area contributed by atoms with E-state index < -0.39 is 0 Å². The number of imidazole rings is 1. The molecule has 7 heteroatoms. The van der Waals surface area contributed by atoms with Gasteiger partial charge >= 0.3 is 0 Å². The number of aromatic nitrogens is 7. The predicted molar refractivity (Wildman–Crippen MR) is 98.6 cm³/mol. The molecule has 1 N–H and O–H groups in total. The zero-order chi connectivity index (χ0) is 17.7. The van der Waals surface area contributed by atoms with E-state index in [0.29, 0.717) is 11.6 Å². The van der Waals surface area contributed by atoms with Gasteiger partial charge in [0.25, 0.3) is 5.78 Å². The molecule has 0 amide bonds. The van der Waals surface area contributed by atoms with E-state index in [9.17, 15) is 0 Å². The molecule has 126 valence electrons. The third kappa shape index (κ3) is 2.33. The Hall–Kier alpha value is -3.61. The molecule has 4 aromatic heterocycles. The molecule has 0 aliphatic carbocycles. The van der Waals surface area contributed by atoms with Gasteiger partial charge in [-0.2, -0.15) is 4.98 Å². The van der Waals surface area contributed by atoms with E-state index in [4.69, 9.17) is 4.98 Å². The molecule has 5 aromatic rings. The molecule has 4 heterocycles. The summed E-state index contributed by atoms with van der Waals surface area (Å²) in [6.07, 6.45) is 3.51. The number of H-pyrrole nitrogens is 1. The normalized spacial score (nSPS) is 11.5. The molecule has 0 radical (unpaired) electrons. The Morgan fingerprint density at radius 3 is 2.58 bits per heavy atom. The van der Waals surface area contributed by atoms with Crippen molar-refractivity contribution in [1.82, 2.24) is 34.5 Å². The topological polar surface area (TPSA) is 84.7 Å². The Balaban J connectivity index is 1.62. The van der Waals surface area contributed by atoms with Crippen LogP contribution in [-0.4, -0.2) is 34.5 Å². The number of benzene rings is 1. The highest BCUT2D eigenvalue weighted by molar-refractivity contribution is 5.83. The Morgan fingerprint density at radius 1 is 0.885 bits per heavy atom. The van der Waals surface area contributed by atoms with Crippen molar-refractivity contribution in [2.75, 3.05) is 0 Å². The third-order valence-electron chi connectivity index (χ3n) is 4.31. The minimum absolute atomic E-state index is 0.608. The summed E-state index contributed by atoms with van der Waals surface area (Å²) >= 11 is 0. The largest absolute Gasteiger partial charge is 0.338 e. The molecule has 0 spiro atoms. The smallest absolute Gasteiger partial charge is 0.253 e. The summed E-state index contributed by atoms with van der Waals surface area (Å²) < 4.78 is 1.76. The van der Waals surface area contributed by atoms with Crippen LogP contribution in [0.2, 0.25) is 0 Å². The highest BCUT2D eigenvalue weighted by atomic mass is 15.3. The maximum atomic E-state index is 4.69. The lowest BCUT2D eigenvalue weighted by atomic mass is 10.2. The Morgan fingerprint density at radius 2 is 1.73 bits per heavy atom. The number of pyridine rings is 1. The van der Waals surface area contributed by atoms with Crippen molar-refractivity contribution in [2.24, 2.45) is 0 Å². The first-order chi connectivity index (χ1) is 12.7. The van der Waals surface area contributed by atoms with Crippen LogP contribution in [0.15, 0.2) is 48.8 Å². The molecule has 5 rings (SSSR count). The fourth-order valence-corrected chi connectivity index (χ4v) is 3.08. The van der Waals surface area contributed by atoms with Crippen LogP contribution in [0.25, 0.3) is 39.6 Å². The van der Waals surface area contributed by atoms with Crippen molar-refractivity contribution in [2.45, 2.75) is 13.8 Å². The van der Waals surface area contributed by atoms with Gasteiger partial charge in [0, 0.05) is 34.9 Å². The summed E-state index contributed by atoms with van der Waals surface area (Å²) in [6.45, 7) is 3.95. The highest BCUT2D eigenvalue weighted by Gasteiger charge is 2.12. The van der Waals surface area contributed by atoms with Crippen LogP contribution in [-0.2, 0) is 0 Å². The van der Waals surface area contributed by atoms with Crippen LogP contribution in [0.4, 0.5) is 0 Å². The van der Waals surface area contributed by atoms with Crippen LogP contribution in [0.5, 0.6) is 0 Å². The van der Waals surface area contributed by atoms with Crippen molar-refractivity contribution in [3.63, 3.8) is 0 Å². The molecule has 0 saturated heterocycles. The minimum atomic E-state index is 0.608. The Labute approximate surface area is 148 Å². The maximum Gasteiger partial charge on any atom is 0.253 e. The fourth-order valence-electron chi connectivity index (χ4n) is 3.08. The number of rotatable bonds is 2. The van der Waals surface area contributed by atoms with Gasteiger partial charge in [-0.1, -0.05) is 0 Å². The number of aryl methyl sites for hydroxylation is 2. The second-order valence-electron chi connectivity index (χ2n) is 6.24. The number of nitrogens with one attached hydrogen (secondary N) is 1. The fraction of sp³-hybridized carbons (Fsp3) is 0.105. The Kier molecular flexibility index (Phi) is 3.08. The lowest BCUT2D eigenvalue weighted by Gasteiger charge is -1.97. The first-order valence-electron chi connectivity index (χ1n) is 8.29. The summed E-state index contributed by atoms with van der Waals surface area (Å²) in [5.41, 5.74) is 5.68. The van der Waals surface area contributed by atoms with E-state index in [1.165, 1.54) is 0 Å². The van der Waals surface area contributed by atoms with Gasteiger partial charge < -0.3 is 4.98 Å². The van der Waals surface area contributed by atoms with Gasteiger partial charge in [-0.25, -0.2) is 14.5 Å². The van der Waals surface area contributed by atoms with Gasteiger partial charge in [0.1, 0.15) is 5.82 Å². The van der Waals surface area contributed by atoms with E-state index in [0.717, 1.165) is 39.4 Å². The number of nitrogens with zero attached hydrogens (tertiary/aromatic N) is 6. The standard InChI is InChI=1S/C19H15N7/c1-11-9-12(2)26-19(21-11)24-18(25-26)14-3-4-15-16(10-14)23-17(22-15)13-5-7-20-8-6-13/h3-10H,1-2H3,(H,22,23). The van der Waals surface area contributed by atoms with Crippen molar-refractivity contribution < 1.29 is 0 Å². The summed E-state index contributed by atoms with van der Waals surface area (Å²) in [6, 6.07) is 11.8. The van der Waals surface area contributed by atoms with Gasteiger partial charge in [0.2, 0.25) is 0 Å². The van der Waals surface area contributed by atoms with E-state index in [2.05, 4.69) is 25.0 Å². The van der Waals surface area contributed by atoms with Gasteiger partial charge in [-0.15, -0.1) is 5.10 Å². The molecule has 0 bridgehead atoms. The molecule has 0 aliphatic rings. The SMILES string of the molecule is Cc1cc(C)n2nc(-c3ccc4[nH]c(-c5ccncc5)nc4c3)nc2n1. The molecule has 26 heavy (non-hydrogen) atoms. The first kappa shape index (κ1) is 14.7. The second-order valence-corrected chi connectivity index (χ2v) is 6.24. The predicted octanol–water partition coefficient (Wildman–Crippen LogP) is 3.35. The van der Waals surface area contributed by atoms with E-state index >= 15 is 0 Å². The quantitative estimate of drug-likeness (QED) is 0.532. The third-order valence-corrected chi connectivity index (χ3v) is 4.31. The number of hydrogen-bond acceptors (Lipinski definition) is 5. The zero-order valence-corrected chi connectivity index (χ0v) is 14.3. The van der Waals surface area contributed by atoms with E-state index in [1.54, 1.807) is 16.9 Å². The maximum absolute atomic E-state index is 4.69. The lowest BCUT2D eigenvalue weighted by Crippen LogP contribution is -1.97. The van der Waals surface area contributed by atoms with Crippen molar-refractivity contribution >= 4 is 16.8 Å².